The number of halogens is 1. The Labute approximate surface area is 176 Å². The zero-order chi connectivity index (χ0) is 22.9. The summed E-state index contributed by atoms with van der Waals surface area (Å²) in [5.41, 5.74) is 1.58. The highest BCUT2D eigenvalue weighted by atomic mass is 32.2. The second-order valence-electron chi connectivity index (χ2n) is 6.10. The van der Waals surface area contributed by atoms with E-state index in [0.29, 0.717) is 4.90 Å². The van der Waals surface area contributed by atoms with Crippen LogP contribution in [0.5, 0.6) is 0 Å². The van der Waals surface area contributed by atoms with Crippen molar-refractivity contribution in [1.82, 2.24) is 4.98 Å². The molecule has 0 saturated carbocycles. The molecule has 1 aromatic heterocycles. The van der Waals surface area contributed by atoms with Crippen molar-refractivity contribution in [3.8, 4) is 11.1 Å². The number of H-pyrrole nitrogens is 1. The monoisotopic (exact) mass is 445 g/mol. The van der Waals surface area contributed by atoms with E-state index in [0.717, 1.165) is 17.8 Å². The third kappa shape index (κ3) is 4.23. The van der Waals surface area contributed by atoms with Crippen LogP contribution in [-0.4, -0.2) is 32.1 Å². The Morgan fingerprint density at radius 2 is 1.68 bits per heavy atom. The largest absolute Gasteiger partial charge is 0.478 e. The summed E-state index contributed by atoms with van der Waals surface area (Å²) in [6, 6.07) is 8.67. The van der Waals surface area contributed by atoms with E-state index in [9.17, 15) is 39.1 Å². The number of carbonyl (C=O) groups is 2. The van der Waals surface area contributed by atoms with E-state index in [4.69, 9.17) is 5.73 Å². The first-order valence-electron chi connectivity index (χ1n) is 8.34. The van der Waals surface area contributed by atoms with E-state index >= 15 is 0 Å². The third-order valence-electron chi connectivity index (χ3n) is 4.16. The van der Waals surface area contributed by atoms with Crippen molar-refractivity contribution >= 4 is 35.2 Å². The molecule has 0 unspecified atom stereocenters. The Balaban J connectivity index is 2.25. The average Bonchev–Trinajstić information content (AvgIpc) is 2.68. The van der Waals surface area contributed by atoms with Gasteiger partial charge in [-0.25, -0.2) is 14.0 Å². The molecule has 0 fully saturated rings. The number of nitrogen functional groups attached to an aromatic ring is 1. The predicted octanol–water partition coefficient (Wildman–Crippen LogP) is 3.22. The van der Waals surface area contributed by atoms with Crippen LogP contribution in [0.2, 0.25) is 0 Å². The van der Waals surface area contributed by atoms with E-state index in [-0.39, 0.29) is 10.5 Å². The first-order valence-corrected chi connectivity index (χ1v) is 9.16. The van der Waals surface area contributed by atoms with E-state index in [1.54, 1.807) is 0 Å². The number of nitrogens with zero attached hydrogens (tertiary/aromatic N) is 1. The molecule has 3 aromatic rings. The van der Waals surface area contributed by atoms with Gasteiger partial charge in [-0.3, -0.25) is 14.9 Å². The Bertz CT molecular complexity index is 1290. The molecule has 10 nitrogen and oxygen atoms in total. The Morgan fingerprint density at radius 1 is 1.06 bits per heavy atom. The highest BCUT2D eigenvalue weighted by Crippen LogP contribution is 2.39. The summed E-state index contributed by atoms with van der Waals surface area (Å²) >= 11 is 0.949. The molecule has 0 amide bonds. The molecule has 0 aliphatic carbocycles. The summed E-state index contributed by atoms with van der Waals surface area (Å²) in [5, 5.41) is 30.6. The van der Waals surface area contributed by atoms with Gasteiger partial charge >= 0.3 is 11.9 Å². The molecule has 12 heteroatoms. The lowest BCUT2D eigenvalue weighted by Crippen LogP contribution is -2.24. The van der Waals surface area contributed by atoms with Crippen molar-refractivity contribution in [2.45, 2.75) is 9.79 Å². The molecule has 3 rings (SSSR count). The van der Waals surface area contributed by atoms with E-state index in [1.807, 2.05) is 4.98 Å². The van der Waals surface area contributed by atoms with Crippen LogP contribution in [0.25, 0.3) is 11.1 Å². The summed E-state index contributed by atoms with van der Waals surface area (Å²) in [6.07, 6.45) is 0. The maximum atomic E-state index is 13.1. The van der Waals surface area contributed by atoms with Gasteiger partial charge < -0.3 is 20.9 Å². The third-order valence-corrected chi connectivity index (χ3v) is 5.23. The number of nitrogens with two attached hydrogens (primary N) is 1. The fourth-order valence-electron chi connectivity index (χ4n) is 2.87. The molecule has 0 spiro atoms. The lowest BCUT2D eigenvalue weighted by Gasteiger charge is -2.13. The van der Waals surface area contributed by atoms with E-state index < -0.39 is 56.4 Å². The Hall–Kier alpha value is -4.19. The lowest BCUT2D eigenvalue weighted by molar-refractivity contribution is -0.387. The number of hydrogen-bond donors (Lipinski definition) is 4. The van der Waals surface area contributed by atoms with Crippen LogP contribution in [0.15, 0.2) is 57.1 Å². The number of anilines is 1. The number of carboxylic acids is 2. The fourth-order valence-corrected chi connectivity index (χ4v) is 3.77. The molecule has 0 bridgehead atoms. The van der Waals surface area contributed by atoms with Gasteiger partial charge in [0.2, 0.25) is 0 Å². The zero-order valence-electron chi connectivity index (χ0n) is 15.3. The van der Waals surface area contributed by atoms with Crippen molar-refractivity contribution in [3.05, 3.63) is 79.9 Å². The number of pyridine rings is 1. The molecule has 0 aliphatic heterocycles. The number of hydrogen-bond acceptors (Lipinski definition) is 7. The van der Waals surface area contributed by atoms with Gasteiger partial charge in [0, 0.05) is 16.5 Å². The average molecular weight is 445 g/mol. The van der Waals surface area contributed by atoms with Gasteiger partial charge in [-0.1, -0.05) is 17.8 Å². The first-order chi connectivity index (χ1) is 14.6. The predicted molar refractivity (Wildman–Crippen MR) is 108 cm³/mol. The maximum absolute atomic E-state index is 13.1. The highest BCUT2D eigenvalue weighted by Gasteiger charge is 2.28. The number of nitrogens with one attached hydrogen (secondary N) is 1. The SMILES string of the molecule is Nc1[nH]c(=O)c(C(=O)O)c(-c2ccc(Sc3ccc(F)cc3)c([N+](=O)[O-])c2)c1C(=O)O. The van der Waals surface area contributed by atoms with Gasteiger partial charge in [0.1, 0.15) is 22.8 Å². The van der Waals surface area contributed by atoms with Crippen molar-refractivity contribution in [2.75, 3.05) is 5.73 Å². The number of nitro groups is 1. The second kappa shape index (κ2) is 8.28. The van der Waals surface area contributed by atoms with Crippen molar-refractivity contribution in [2.24, 2.45) is 0 Å². The number of carboxylic acid groups (broad SMARTS) is 2. The van der Waals surface area contributed by atoms with Gasteiger partial charge in [-0.2, -0.15) is 0 Å². The van der Waals surface area contributed by atoms with Crippen LogP contribution in [0.4, 0.5) is 15.9 Å². The maximum Gasteiger partial charge on any atom is 0.342 e. The van der Waals surface area contributed by atoms with Gasteiger partial charge in [0.25, 0.3) is 11.2 Å². The molecule has 31 heavy (non-hydrogen) atoms. The van der Waals surface area contributed by atoms with Gasteiger partial charge in [0.05, 0.1) is 9.82 Å². The van der Waals surface area contributed by atoms with Crippen LogP contribution >= 0.6 is 11.8 Å². The van der Waals surface area contributed by atoms with E-state index in [2.05, 4.69) is 0 Å². The summed E-state index contributed by atoms with van der Waals surface area (Å²) in [7, 11) is 0. The normalized spacial score (nSPS) is 10.6. The molecule has 0 radical (unpaired) electrons. The van der Waals surface area contributed by atoms with E-state index in [1.165, 1.54) is 36.4 Å². The van der Waals surface area contributed by atoms with Gasteiger partial charge in [-0.05, 0) is 35.9 Å². The lowest BCUT2D eigenvalue weighted by atomic mass is 9.95. The molecule has 0 aliphatic rings. The summed E-state index contributed by atoms with van der Waals surface area (Å²) < 4.78 is 13.1. The molecule has 1 heterocycles. The van der Waals surface area contributed by atoms with Crippen LogP contribution in [-0.2, 0) is 0 Å². The minimum absolute atomic E-state index is 0.131. The minimum Gasteiger partial charge on any atom is -0.478 e. The molecule has 2 aromatic carbocycles. The number of benzene rings is 2. The second-order valence-corrected chi connectivity index (χ2v) is 7.21. The molecular weight excluding hydrogens is 433 g/mol. The van der Waals surface area contributed by atoms with Crippen LogP contribution in [0.1, 0.15) is 20.7 Å². The summed E-state index contributed by atoms with van der Waals surface area (Å²) in [6.45, 7) is 0. The van der Waals surface area contributed by atoms with Crippen molar-refractivity contribution in [1.29, 1.82) is 0 Å². The number of rotatable bonds is 6. The molecular formula is C19H12FN3O7S. The summed E-state index contributed by atoms with van der Waals surface area (Å²) in [5.74, 6) is -4.43. The molecule has 0 saturated heterocycles. The number of nitro benzene ring substituents is 1. The number of aromatic amines is 1. The Morgan fingerprint density at radius 3 is 2.23 bits per heavy atom. The topological polar surface area (TPSA) is 177 Å². The quantitative estimate of drug-likeness (QED) is 0.328. The van der Waals surface area contributed by atoms with Crippen molar-refractivity contribution < 1.29 is 29.1 Å². The zero-order valence-corrected chi connectivity index (χ0v) is 16.1. The van der Waals surface area contributed by atoms with Crippen LogP contribution in [0, 0.1) is 15.9 Å². The van der Waals surface area contributed by atoms with Crippen LogP contribution in [0.3, 0.4) is 0 Å². The van der Waals surface area contributed by atoms with Gasteiger partial charge in [0.15, 0.2) is 0 Å². The molecule has 5 N–H and O–H groups in total. The fraction of sp³-hybridized carbons (Fsp3) is 0. The van der Waals surface area contributed by atoms with Crippen LogP contribution < -0.4 is 11.3 Å². The van der Waals surface area contributed by atoms with Crippen molar-refractivity contribution in [3.63, 3.8) is 0 Å². The minimum atomic E-state index is -1.73. The van der Waals surface area contributed by atoms with Gasteiger partial charge in [-0.15, -0.1) is 0 Å². The Kier molecular flexibility index (Phi) is 5.75. The summed E-state index contributed by atoms with van der Waals surface area (Å²) in [4.78, 5) is 48.9. The standard InChI is InChI=1S/C19H12FN3O7S/c20-9-2-4-10(5-3-9)31-12-6-1-8(7-11(12)23(29)30)13-14(18(25)26)16(21)22-17(24)15(13)19(27)28/h1-7H,(H,25,26)(H,27,28)(H3,21,22,24). The number of aromatic carboxylic acids is 2. The molecule has 0 atom stereocenters. The molecule has 158 valence electrons. The first kappa shape index (κ1) is 21.5. The number of aromatic nitrogens is 1. The smallest absolute Gasteiger partial charge is 0.342 e. The highest BCUT2D eigenvalue weighted by molar-refractivity contribution is 7.99.